The number of H-pyrrole nitrogens is 1. The molecule has 0 saturated heterocycles. The van der Waals surface area contributed by atoms with E-state index >= 15 is 0 Å². The van der Waals surface area contributed by atoms with Crippen molar-refractivity contribution in [2.75, 3.05) is 23.9 Å². The Bertz CT molecular complexity index is 342. The van der Waals surface area contributed by atoms with Gasteiger partial charge in [0.2, 0.25) is 0 Å². The number of nitrogens with one attached hydrogen (secondary N) is 2. The molecule has 14 heavy (non-hydrogen) atoms. The van der Waals surface area contributed by atoms with Crippen LogP contribution >= 0.6 is 23.4 Å². The van der Waals surface area contributed by atoms with Crippen LogP contribution < -0.4 is 10.9 Å². The molecular formula is C8H12ClN3OS. The summed E-state index contributed by atoms with van der Waals surface area (Å²) < 4.78 is 0. The molecule has 1 heterocycles. The van der Waals surface area contributed by atoms with Gasteiger partial charge in [-0.05, 0) is 18.4 Å². The van der Waals surface area contributed by atoms with E-state index in [1.165, 1.54) is 6.33 Å². The predicted octanol–water partition coefficient (Wildman–Crippen LogP) is 1.59. The molecular weight excluding hydrogens is 222 g/mol. The molecule has 2 N–H and O–H groups in total. The Morgan fingerprint density at radius 1 is 1.71 bits per heavy atom. The first-order valence-corrected chi connectivity index (χ1v) is 5.99. The van der Waals surface area contributed by atoms with Crippen molar-refractivity contribution in [3.63, 3.8) is 0 Å². The molecule has 0 saturated carbocycles. The fourth-order valence-electron chi connectivity index (χ4n) is 0.930. The number of aromatic nitrogens is 2. The van der Waals surface area contributed by atoms with E-state index < -0.39 is 0 Å². The van der Waals surface area contributed by atoms with E-state index in [-0.39, 0.29) is 10.6 Å². The van der Waals surface area contributed by atoms with E-state index in [1.807, 2.05) is 0 Å². The Balaban J connectivity index is 2.51. The van der Waals surface area contributed by atoms with E-state index in [9.17, 15) is 4.79 Å². The maximum atomic E-state index is 11.1. The van der Waals surface area contributed by atoms with Gasteiger partial charge in [-0.3, -0.25) is 4.79 Å². The molecule has 0 atom stereocenters. The van der Waals surface area contributed by atoms with Gasteiger partial charge in [-0.25, -0.2) is 4.98 Å². The number of anilines is 1. The second-order valence-electron chi connectivity index (χ2n) is 2.67. The lowest BCUT2D eigenvalue weighted by atomic mass is 10.4. The first kappa shape index (κ1) is 11.4. The zero-order valence-corrected chi connectivity index (χ0v) is 9.41. The molecule has 0 radical (unpaired) electrons. The molecule has 1 aromatic heterocycles. The second-order valence-corrected chi connectivity index (χ2v) is 4.03. The monoisotopic (exact) mass is 233 g/mol. The van der Waals surface area contributed by atoms with Crippen LogP contribution in [-0.4, -0.2) is 28.5 Å². The van der Waals surface area contributed by atoms with Crippen molar-refractivity contribution in [2.24, 2.45) is 0 Å². The third-order valence-electron chi connectivity index (χ3n) is 1.61. The minimum atomic E-state index is -0.311. The third-order valence-corrected chi connectivity index (χ3v) is 2.66. The van der Waals surface area contributed by atoms with Crippen molar-refractivity contribution in [1.29, 1.82) is 0 Å². The van der Waals surface area contributed by atoms with Crippen LogP contribution in [0.3, 0.4) is 0 Å². The fourth-order valence-corrected chi connectivity index (χ4v) is 1.53. The first-order chi connectivity index (χ1) is 6.75. The standard InChI is InChI=1S/C8H12ClN3OS/c1-14-4-2-3-10-7-6(9)8(13)12-5-11-7/h5H,2-4H2,1H3,(H2,10,11,12,13). The van der Waals surface area contributed by atoms with E-state index in [0.717, 1.165) is 18.7 Å². The van der Waals surface area contributed by atoms with E-state index in [4.69, 9.17) is 11.6 Å². The van der Waals surface area contributed by atoms with Crippen molar-refractivity contribution in [1.82, 2.24) is 9.97 Å². The number of hydrogen-bond donors (Lipinski definition) is 2. The zero-order chi connectivity index (χ0) is 10.4. The van der Waals surface area contributed by atoms with Crippen LogP contribution in [0.15, 0.2) is 11.1 Å². The van der Waals surface area contributed by atoms with E-state index in [2.05, 4.69) is 21.5 Å². The molecule has 1 rings (SSSR count). The van der Waals surface area contributed by atoms with Gasteiger partial charge in [0.15, 0.2) is 5.82 Å². The smallest absolute Gasteiger partial charge is 0.271 e. The van der Waals surface area contributed by atoms with Crippen molar-refractivity contribution in [3.8, 4) is 0 Å². The molecule has 1 aromatic rings. The predicted molar refractivity (Wildman–Crippen MR) is 61.4 cm³/mol. The van der Waals surface area contributed by atoms with E-state index in [0.29, 0.717) is 5.82 Å². The van der Waals surface area contributed by atoms with Gasteiger partial charge in [-0.15, -0.1) is 0 Å². The summed E-state index contributed by atoms with van der Waals surface area (Å²) in [5.74, 6) is 1.53. The van der Waals surface area contributed by atoms with Crippen molar-refractivity contribution < 1.29 is 0 Å². The minimum absolute atomic E-state index is 0.122. The average Bonchev–Trinajstić information content (AvgIpc) is 2.19. The van der Waals surface area contributed by atoms with E-state index in [1.54, 1.807) is 11.8 Å². The molecule has 0 aliphatic heterocycles. The van der Waals surface area contributed by atoms with Crippen LogP contribution in [0.4, 0.5) is 5.82 Å². The quantitative estimate of drug-likeness (QED) is 0.759. The topological polar surface area (TPSA) is 57.8 Å². The molecule has 0 amide bonds. The summed E-state index contributed by atoms with van der Waals surface area (Å²) in [4.78, 5) is 17.4. The number of hydrogen-bond acceptors (Lipinski definition) is 4. The lowest BCUT2D eigenvalue weighted by molar-refractivity contribution is 0.973. The number of aromatic amines is 1. The largest absolute Gasteiger partial charge is 0.369 e. The Hall–Kier alpha value is -0.680. The fraction of sp³-hybridized carbons (Fsp3) is 0.500. The molecule has 0 spiro atoms. The highest BCUT2D eigenvalue weighted by atomic mass is 35.5. The second kappa shape index (κ2) is 5.93. The summed E-state index contributed by atoms with van der Waals surface area (Å²) >= 11 is 7.51. The number of halogens is 1. The normalized spacial score (nSPS) is 10.1. The molecule has 0 aliphatic rings. The molecule has 0 fully saturated rings. The van der Waals surface area contributed by atoms with Gasteiger partial charge in [0.1, 0.15) is 5.02 Å². The highest BCUT2D eigenvalue weighted by Gasteiger charge is 2.03. The van der Waals surface area contributed by atoms with Gasteiger partial charge < -0.3 is 10.3 Å². The lowest BCUT2D eigenvalue weighted by Gasteiger charge is -2.04. The van der Waals surface area contributed by atoms with Crippen LogP contribution in [0, 0.1) is 0 Å². The third kappa shape index (κ3) is 3.23. The lowest BCUT2D eigenvalue weighted by Crippen LogP contribution is -2.12. The number of nitrogens with zero attached hydrogens (tertiary/aromatic N) is 1. The molecule has 4 nitrogen and oxygen atoms in total. The molecule has 0 bridgehead atoms. The highest BCUT2D eigenvalue weighted by molar-refractivity contribution is 7.98. The summed E-state index contributed by atoms with van der Waals surface area (Å²) in [6, 6.07) is 0. The van der Waals surface area contributed by atoms with Gasteiger partial charge in [-0.2, -0.15) is 11.8 Å². The van der Waals surface area contributed by atoms with Gasteiger partial charge >= 0.3 is 0 Å². The van der Waals surface area contributed by atoms with Gasteiger partial charge in [-0.1, -0.05) is 11.6 Å². The summed E-state index contributed by atoms with van der Waals surface area (Å²) in [7, 11) is 0. The molecule has 6 heteroatoms. The average molecular weight is 234 g/mol. The van der Waals surface area contributed by atoms with Gasteiger partial charge in [0.25, 0.3) is 5.56 Å². The first-order valence-electron chi connectivity index (χ1n) is 4.21. The van der Waals surface area contributed by atoms with Crippen LogP contribution in [-0.2, 0) is 0 Å². The van der Waals surface area contributed by atoms with Crippen molar-refractivity contribution >= 4 is 29.2 Å². The van der Waals surface area contributed by atoms with Crippen LogP contribution in [0.5, 0.6) is 0 Å². The van der Waals surface area contributed by atoms with Gasteiger partial charge in [0, 0.05) is 6.54 Å². The Labute approximate surface area is 91.5 Å². The molecule has 0 aliphatic carbocycles. The van der Waals surface area contributed by atoms with Crippen LogP contribution in [0.1, 0.15) is 6.42 Å². The van der Waals surface area contributed by atoms with Crippen LogP contribution in [0.2, 0.25) is 5.02 Å². The SMILES string of the molecule is CSCCCNc1nc[nH]c(=O)c1Cl. The highest BCUT2D eigenvalue weighted by Crippen LogP contribution is 2.11. The molecule has 78 valence electrons. The number of thioether (sulfide) groups is 1. The maximum absolute atomic E-state index is 11.1. The number of rotatable bonds is 5. The summed E-state index contributed by atoms with van der Waals surface area (Å²) in [5.41, 5.74) is -0.311. The van der Waals surface area contributed by atoms with Crippen molar-refractivity contribution in [3.05, 3.63) is 21.7 Å². The zero-order valence-electron chi connectivity index (χ0n) is 7.84. The maximum Gasteiger partial charge on any atom is 0.271 e. The Morgan fingerprint density at radius 3 is 3.21 bits per heavy atom. The summed E-state index contributed by atoms with van der Waals surface area (Å²) in [5, 5.41) is 3.13. The Kier molecular flexibility index (Phi) is 4.82. The van der Waals surface area contributed by atoms with Gasteiger partial charge in [0.05, 0.1) is 6.33 Å². The van der Waals surface area contributed by atoms with Crippen molar-refractivity contribution in [2.45, 2.75) is 6.42 Å². The van der Waals surface area contributed by atoms with Crippen LogP contribution in [0.25, 0.3) is 0 Å². The Morgan fingerprint density at radius 2 is 2.50 bits per heavy atom. The summed E-state index contributed by atoms with van der Waals surface area (Å²) in [6.07, 6.45) is 4.41. The molecule has 0 unspecified atom stereocenters. The molecule has 0 aromatic carbocycles. The minimum Gasteiger partial charge on any atom is -0.369 e. The summed E-state index contributed by atoms with van der Waals surface area (Å²) in [6.45, 7) is 0.775.